The van der Waals surface area contributed by atoms with Crippen LogP contribution in [0.15, 0.2) is 60.7 Å². The maximum atomic E-state index is 9.55. The summed E-state index contributed by atoms with van der Waals surface area (Å²) in [5.41, 5.74) is 0. The summed E-state index contributed by atoms with van der Waals surface area (Å²) in [7, 11) is 0. The summed E-state index contributed by atoms with van der Waals surface area (Å²) >= 11 is 1.31. The summed E-state index contributed by atoms with van der Waals surface area (Å²) < 4.78 is 3.90. The first kappa shape index (κ1) is 17.0. The second-order valence-electron chi connectivity index (χ2n) is 5.26. The van der Waals surface area contributed by atoms with Crippen molar-refractivity contribution in [3.05, 3.63) is 60.7 Å². The van der Waals surface area contributed by atoms with Gasteiger partial charge in [-0.05, 0) is 0 Å². The van der Waals surface area contributed by atoms with Crippen molar-refractivity contribution >= 4 is 36.0 Å². The number of aliphatic hydroxyl groups excluding tert-OH is 2. The summed E-state index contributed by atoms with van der Waals surface area (Å²) in [5.74, 6) is 0. The van der Waals surface area contributed by atoms with E-state index in [1.54, 1.807) is 0 Å². The van der Waals surface area contributed by atoms with Crippen molar-refractivity contribution < 1.29 is 10.2 Å². The van der Waals surface area contributed by atoms with Crippen molar-refractivity contribution in [2.45, 2.75) is 23.4 Å². The molecule has 1 atom stereocenters. The molecule has 0 bridgehead atoms. The number of benzene rings is 2. The topological polar surface area (TPSA) is 40.5 Å². The zero-order chi connectivity index (χ0) is 15.1. The SMILES string of the molecule is OCC(O)CC[CH2][Sn]([Br])([c]1ccccc1)[c]1ccccc1. The van der Waals surface area contributed by atoms with Gasteiger partial charge in [-0.25, -0.2) is 0 Å². The van der Waals surface area contributed by atoms with Crippen LogP contribution >= 0.6 is 12.7 Å². The first-order valence-corrected chi connectivity index (χ1v) is 18.5. The van der Waals surface area contributed by atoms with E-state index in [9.17, 15) is 5.11 Å². The van der Waals surface area contributed by atoms with Crippen LogP contribution in [-0.4, -0.2) is 39.1 Å². The summed E-state index contributed by atoms with van der Waals surface area (Å²) in [4.78, 5) is 0. The average Bonchev–Trinajstić information content (AvgIpc) is 2.56. The van der Waals surface area contributed by atoms with E-state index in [0.29, 0.717) is 6.42 Å². The van der Waals surface area contributed by atoms with Gasteiger partial charge in [0.05, 0.1) is 0 Å². The second-order valence-corrected chi connectivity index (χ2v) is 23.6. The summed E-state index contributed by atoms with van der Waals surface area (Å²) in [6.45, 7) is -0.151. The first-order valence-electron chi connectivity index (χ1n) is 7.25. The fraction of sp³-hybridized carbons (Fsp3) is 0.294. The quantitative estimate of drug-likeness (QED) is 0.629. The Morgan fingerprint density at radius 3 is 1.81 bits per heavy atom. The Bertz CT molecular complexity index is 494. The molecule has 21 heavy (non-hydrogen) atoms. The van der Waals surface area contributed by atoms with Gasteiger partial charge in [-0.1, -0.05) is 0 Å². The molecule has 0 aliphatic rings. The average molecular weight is 456 g/mol. The van der Waals surface area contributed by atoms with Crippen molar-refractivity contribution in [1.29, 1.82) is 0 Å². The fourth-order valence-corrected chi connectivity index (χ4v) is 16.6. The number of rotatable bonds is 7. The van der Waals surface area contributed by atoms with Crippen molar-refractivity contribution in [1.82, 2.24) is 0 Å². The molecular weight excluding hydrogens is 435 g/mol. The Hall–Kier alpha value is -0.361. The van der Waals surface area contributed by atoms with Crippen molar-refractivity contribution in [2.75, 3.05) is 6.61 Å². The molecule has 0 radical (unpaired) electrons. The maximum absolute atomic E-state index is 9.55. The van der Waals surface area contributed by atoms with Crippen LogP contribution in [0.4, 0.5) is 0 Å². The molecule has 2 aromatic carbocycles. The number of aliphatic hydroxyl groups is 2. The molecule has 0 aromatic heterocycles. The van der Waals surface area contributed by atoms with Gasteiger partial charge >= 0.3 is 137 Å². The number of hydrogen-bond donors (Lipinski definition) is 2. The molecule has 4 heteroatoms. The Morgan fingerprint density at radius 2 is 1.38 bits per heavy atom. The van der Waals surface area contributed by atoms with Crippen molar-refractivity contribution in [3.63, 3.8) is 0 Å². The summed E-state index contributed by atoms with van der Waals surface area (Å²) in [6, 6.07) is 21.3. The molecule has 112 valence electrons. The monoisotopic (exact) mass is 456 g/mol. The zero-order valence-electron chi connectivity index (χ0n) is 12.0. The third-order valence-electron chi connectivity index (χ3n) is 3.73. The van der Waals surface area contributed by atoms with Crippen molar-refractivity contribution in [3.8, 4) is 0 Å². The predicted octanol–water partition coefficient (Wildman–Crippen LogP) is 2.27. The van der Waals surface area contributed by atoms with Crippen LogP contribution in [0.1, 0.15) is 12.8 Å². The molecule has 2 N–H and O–H groups in total. The summed E-state index contributed by atoms with van der Waals surface area (Å²) in [5, 5.41) is 18.5. The van der Waals surface area contributed by atoms with E-state index >= 15 is 0 Å². The molecule has 2 aromatic rings. The van der Waals surface area contributed by atoms with Gasteiger partial charge in [-0.3, -0.25) is 0 Å². The zero-order valence-corrected chi connectivity index (χ0v) is 16.4. The van der Waals surface area contributed by atoms with Crippen LogP contribution in [0, 0.1) is 0 Å². The molecule has 0 aliphatic carbocycles. The van der Waals surface area contributed by atoms with E-state index in [-0.39, 0.29) is 6.61 Å². The molecule has 0 saturated heterocycles. The van der Waals surface area contributed by atoms with Crippen molar-refractivity contribution in [2.24, 2.45) is 0 Å². The second kappa shape index (κ2) is 8.32. The van der Waals surface area contributed by atoms with Crippen LogP contribution in [-0.2, 0) is 0 Å². The van der Waals surface area contributed by atoms with Crippen LogP contribution in [0.5, 0.6) is 0 Å². The number of hydrogen-bond acceptors (Lipinski definition) is 2. The number of halogens is 1. The van der Waals surface area contributed by atoms with Crippen LogP contribution in [0.2, 0.25) is 4.44 Å². The van der Waals surface area contributed by atoms with Gasteiger partial charge in [0.1, 0.15) is 0 Å². The van der Waals surface area contributed by atoms with Gasteiger partial charge in [-0.2, -0.15) is 0 Å². The summed E-state index contributed by atoms with van der Waals surface area (Å²) in [6.07, 6.45) is 0.979. The molecule has 2 rings (SSSR count). The predicted molar refractivity (Wildman–Crippen MR) is 94.0 cm³/mol. The minimum atomic E-state index is -2.83. The Balaban J connectivity index is 2.23. The third-order valence-corrected chi connectivity index (χ3v) is 22.6. The Morgan fingerprint density at radius 1 is 0.905 bits per heavy atom. The first-order chi connectivity index (χ1) is 10.2. The van der Waals surface area contributed by atoms with Gasteiger partial charge < -0.3 is 0 Å². The van der Waals surface area contributed by atoms with E-state index in [2.05, 4.69) is 61.2 Å². The Labute approximate surface area is 136 Å². The standard InChI is InChI=1S/2C6H5.C5H11O2.BrH.Sn/c2*1-2-4-6-5-3-1;1-2-3-5(7)4-6;;/h2*1-5H;5-7H,1-4H2;1H;/q;;;;+1/p-1. The molecule has 0 aliphatic heterocycles. The normalized spacial score (nSPS) is 13.1. The van der Waals surface area contributed by atoms with Gasteiger partial charge in [-0.15, -0.1) is 0 Å². The molecule has 0 amide bonds. The van der Waals surface area contributed by atoms with E-state index in [1.807, 2.05) is 12.1 Å². The third kappa shape index (κ3) is 4.55. The molecule has 0 spiro atoms. The van der Waals surface area contributed by atoms with Gasteiger partial charge in [0, 0.05) is 0 Å². The molecule has 2 nitrogen and oxygen atoms in total. The van der Waals surface area contributed by atoms with E-state index in [1.165, 1.54) is 7.16 Å². The van der Waals surface area contributed by atoms with Crippen LogP contribution in [0.25, 0.3) is 0 Å². The van der Waals surface area contributed by atoms with Gasteiger partial charge in [0.25, 0.3) is 0 Å². The molecular formula is C17H21BrO2Sn. The Kier molecular flexibility index (Phi) is 6.73. The van der Waals surface area contributed by atoms with Crippen LogP contribution < -0.4 is 7.16 Å². The van der Waals surface area contributed by atoms with E-state index in [4.69, 9.17) is 5.11 Å². The van der Waals surface area contributed by atoms with E-state index < -0.39 is 22.3 Å². The molecule has 0 fully saturated rings. The minimum absolute atomic E-state index is 0.151. The van der Waals surface area contributed by atoms with Gasteiger partial charge in [0.15, 0.2) is 0 Å². The van der Waals surface area contributed by atoms with Crippen LogP contribution in [0.3, 0.4) is 0 Å². The molecule has 0 heterocycles. The molecule has 0 saturated carbocycles. The van der Waals surface area contributed by atoms with Gasteiger partial charge in [0.2, 0.25) is 0 Å². The van der Waals surface area contributed by atoms with E-state index in [0.717, 1.165) is 10.9 Å². The fourth-order valence-electron chi connectivity index (χ4n) is 2.53. The molecule has 1 unspecified atom stereocenters.